The quantitative estimate of drug-likeness (QED) is 0.832. The summed E-state index contributed by atoms with van der Waals surface area (Å²) in [5.74, 6) is -0.0391. The van der Waals surface area contributed by atoms with Crippen LogP contribution in [0.25, 0.3) is 0 Å². The highest BCUT2D eigenvalue weighted by molar-refractivity contribution is 7.80. The third-order valence-electron chi connectivity index (χ3n) is 4.81. The summed E-state index contributed by atoms with van der Waals surface area (Å²) >= 11 is 4.97. The van der Waals surface area contributed by atoms with Crippen LogP contribution in [0.1, 0.15) is 31.2 Å². The van der Waals surface area contributed by atoms with Crippen LogP contribution >= 0.6 is 12.2 Å². The molecule has 0 radical (unpaired) electrons. The van der Waals surface area contributed by atoms with Crippen LogP contribution in [-0.4, -0.2) is 55.3 Å². The van der Waals surface area contributed by atoms with Gasteiger partial charge in [0, 0.05) is 6.54 Å². The van der Waals surface area contributed by atoms with Crippen LogP contribution in [0.2, 0.25) is 0 Å². The Kier molecular flexibility index (Phi) is 5.54. The maximum absolute atomic E-state index is 14.7. The minimum absolute atomic E-state index is 0.209. The molecular formula is C18H24FN3O2S. The van der Waals surface area contributed by atoms with Crippen molar-refractivity contribution in [2.45, 2.75) is 31.8 Å². The number of anilines is 1. The van der Waals surface area contributed by atoms with Crippen molar-refractivity contribution >= 4 is 29.0 Å². The normalized spacial score (nSPS) is 24.3. The molecule has 1 amide bonds. The van der Waals surface area contributed by atoms with E-state index in [1.165, 1.54) is 11.0 Å². The van der Waals surface area contributed by atoms with Gasteiger partial charge in [0.25, 0.3) is 0 Å². The zero-order chi connectivity index (χ0) is 18.0. The number of nitrogens with one attached hydrogen (secondary N) is 1. The summed E-state index contributed by atoms with van der Waals surface area (Å²) in [7, 11) is 2.06. The zero-order valence-electron chi connectivity index (χ0n) is 14.6. The van der Waals surface area contributed by atoms with E-state index in [1.807, 2.05) is 12.1 Å². The van der Waals surface area contributed by atoms with Gasteiger partial charge in [0.05, 0.1) is 23.8 Å². The predicted octanol–water partition coefficient (Wildman–Crippen LogP) is 2.90. The molecule has 3 rings (SSSR count). The van der Waals surface area contributed by atoms with Gasteiger partial charge in [-0.05, 0) is 57.0 Å². The largest absolute Gasteiger partial charge is 0.442 e. The summed E-state index contributed by atoms with van der Waals surface area (Å²) in [6.45, 7) is 4.56. The highest BCUT2D eigenvalue weighted by Gasteiger charge is 2.33. The van der Waals surface area contributed by atoms with Crippen molar-refractivity contribution in [1.29, 1.82) is 0 Å². The Morgan fingerprint density at radius 3 is 2.92 bits per heavy atom. The van der Waals surface area contributed by atoms with Crippen LogP contribution < -0.4 is 10.2 Å². The first kappa shape index (κ1) is 18.1. The Hall–Kier alpha value is -1.73. The summed E-state index contributed by atoms with van der Waals surface area (Å²) in [4.78, 5) is 16.4. The zero-order valence-corrected chi connectivity index (χ0v) is 15.4. The van der Waals surface area contributed by atoms with Gasteiger partial charge in [-0.3, -0.25) is 4.90 Å². The van der Waals surface area contributed by atoms with Crippen LogP contribution in [0.5, 0.6) is 0 Å². The lowest BCUT2D eigenvalue weighted by Gasteiger charge is -2.30. The monoisotopic (exact) mass is 365 g/mol. The van der Waals surface area contributed by atoms with Crippen molar-refractivity contribution in [2.75, 3.05) is 38.1 Å². The van der Waals surface area contributed by atoms with E-state index in [0.717, 1.165) is 31.5 Å². The van der Waals surface area contributed by atoms with Crippen LogP contribution in [0.3, 0.4) is 0 Å². The van der Waals surface area contributed by atoms with Gasteiger partial charge in [0.2, 0.25) is 0 Å². The van der Waals surface area contributed by atoms with Crippen molar-refractivity contribution in [3.63, 3.8) is 0 Å². The van der Waals surface area contributed by atoms with E-state index in [2.05, 4.69) is 17.3 Å². The van der Waals surface area contributed by atoms with E-state index in [0.29, 0.717) is 23.8 Å². The Labute approximate surface area is 153 Å². The molecule has 25 heavy (non-hydrogen) atoms. The Morgan fingerprint density at radius 1 is 1.44 bits per heavy atom. The maximum Gasteiger partial charge on any atom is 0.414 e. The first-order valence-corrected chi connectivity index (χ1v) is 9.05. The van der Waals surface area contributed by atoms with Crippen molar-refractivity contribution < 1.29 is 13.9 Å². The Bertz CT molecular complexity index is 670. The highest BCUT2D eigenvalue weighted by atomic mass is 32.1. The van der Waals surface area contributed by atoms with Gasteiger partial charge >= 0.3 is 6.09 Å². The molecule has 2 fully saturated rings. The lowest BCUT2D eigenvalue weighted by atomic mass is 9.90. The molecule has 0 aliphatic carbocycles. The average Bonchev–Trinajstić information content (AvgIpc) is 2.94. The molecule has 1 aromatic rings. The molecule has 2 heterocycles. The standard InChI is InChI=1S/C18H24FN3O2S/c1-12(25)20-9-15-11-22(18(23)24-15)14-5-6-16(17(19)8-14)13-4-3-7-21(2)10-13/h5-6,8,13,15H,3-4,7,9-11H2,1-2H3,(H,20,25)/t13?,15-/m0/s1. The fourth-order valence-electron chi connectivity index (χ4n) is 3.53. The fourth-order valence-corrected chi connectivity index (χ4v) is 3.61. The molecule has 0 saturated carbocycles. The number of piperidine rings is 1. The van der Waals surface area contributed by atoms with Crippen LogP contribution in [0, 0.1) is 5.82 Å². The van der Waals surface area contributed by atoms with Gasteiger partial charge in [0.1, 0.15) is 11.9 Å². The van der Waals surface area contributed by atoms with E-state index < -0.39 is 6.09 Å². The molecule has 0 aromatic heterocycles. The molecule has 0 bridgehead atoms. The molecule has 0 spiro atoms. The highest BCUT2D eigenvalue weighted by Crippen LogP contribution is 2.31. The molecule has 136 valence electrons. The number of likely N-dealkylation sites (tertiary alicyclic amines) is 1. The Balaban J connectivity index is 1.70. The van der Waals surface area contributed by atoms with E-state index in [4.69, 9.17) is 17.0 Å². The minimum atomic E-state index is -0.446. The SMILES string of the molecule is CC(=S)NC[C@H]1CN(c2ccc(C3CCCN(C)C3)c(F)c2)C(=O)O1. The molecule has 5 nitrogen and oxygen atoms in total. The first-order chi connectivity index (χ1) is 11.9. The molecule has 2 saturated heterocycles. The second-order valence-electron chi connectivity index (χ2n) is 6.86. The number of cyclic esters (lactones) is 1. The van der Waals surface area contributed by atoms with E-state index in [1.54, 1.807) is 6.92 Å². The number of amides is 1. The van der Waals surface area contributed by atoms with Crippen molar-refractivity contribution in [3.05, 3.63) is 29.6 Å². The number of halogens is 1. The first-order valence-electron chi connectivity index (χ1n) is 8.64. The van der Waals surface area contributed by atoms with Crippen molar-refractivity contribution in [3.8, 4) is 0 Å². The molecule has 2 atom stereocenters. The lowest BCUT2D eigenvalue weighted by molar-refractivity contribution is 0.143. The van der Waals surface area contributed by atoms with E-state index in [9.17, 15) is 9.18 Å². The Morgan fingerprint density at radius 2 is 2.24 bits per heavy atom. The smallest absolute Gasteiger partial charge is 0.414 e. The van der Waals surface area contributed by atoms with Crippen LogP contribution in [-0.2, 0) is 4.74 Å². The molecular weight excluding hydrogens is 341 g/mol. The molecule has 1 aromatic carbocycles. The molecule has 2 aliphatic heterocycles. The number of rotatable bonds is 4. The number of ether oxygens (including phenoxy) is 1. The fraction of sp³-hybridized carbons (Fsp3) is 0.556. The van der Waals surface area contributed by atoms with Gasteiger partial charge < -0.3 is 15.0 Å². The lowest BCUT2D eigenvalue weighted by Crippen LogP contribution is -2.32. The number of hydrogen-bond donors (Lipinski definition) is 1. The number of likely N-dealkylation sites (N-methyl/N-ethyl adjacent to an activating group) is 1. The number of nitrogens with zero attached hydrogens (tertiary/aromatic N) is 2. The molecule has 1 N–H and O–H groups in total. The molecule has 1 unspecified atom stereocenters. The van der Waals surface area contributed by atoms with Crippen molar-refractivity contribution in [2.24, 2.45) is 0 Å². The average molecular weight is 365 g/mol. The van der Waals surface area contributed by atoms with E-state index in [-0.39, 0.29) is 17.8 Å². The number of benzene rings is 1. The second-order valence-corrected chi connectivity index (χ2v) is 7.47. The summed E-state index contributed by atoms with van der Waals surface area (Å²) < 4.78 is 20.0. The van der Waals surface area contributed by atoms with E-state index >= 15 is 0 Å². The van der Waals surface area contributed by atoms with Crippen molar-refractivity contribution in [1.82, 2.24) is 10.2 Å². The van der Waals surface area contributed by atoms with Crippen LogP contribution in [0.15, 0.2) is 18.2 Å². The summed E-state index contributed by atoms with van der Waals surface area (Å²) in [6, 6.07) is 5.08. The van der Waals surface area contributed by atoms with Gasteiger partial charge in [-0.15, -0.1) is 0 Å². The second kappa shape index (κ2) is 7.66. The summed E-state index contributed by atoms with van der Waals surface area (Å²) in [5.41, 5.74) is 1.27. The number of thiocarbonyl (C=S) groups is 1. The maximum atomic E-state index is 14.7. The third-order valence-corrected chi connectivity index (χ3v) is 4.96. The van der Waals surface area contributed by atoms with Gasteiger partial charge in [-0.1, -0.05) is 18.3 Å². The molecule has 2 aliphatic rings. The van der Waals surface area contributed by atoms with Crippen LogP contribution in [0.4, 0.5) is 14.9 Å². The van der Waals surface area contributed by atoms with Gasteiger partial charge in [0.15, 0.2) is 0 Å². The molecule has 7 heteroatoms. The number of carbonyl (C=O) groups is 1. The summed E-state index contributed by atoms with van der Waals surface area (Å²) in [5, 5.41) is 3.00. The van der Waals surface area contributed by atoms with Gasteiger partial charge in [-0.25, -0.2) is 9.18 Å². The topological polar surface area (TPSA) is 44.8 Å². The number of hydrogen-bond acceptors (Lipinski definition) is 4. The predicted molar refractivity (Wildman–Crippen MR) is 99.8 cm³/mol. The minimum Gasteiger partial charge on any atom is -0.442 e. The third kappa shape index (κ3) is 4.27. The van der Waals surface area contributed by atoms with Gasteiger partial charge in [-0.2, -0.15) is 0 Å². The summed E-state index contributed by atoms with van der Waals surface area (Å²) in [6.07, 6.45) is 1.34. The number of carbonyl (C=O) groups excluding carboxylic acids is 1.